The van der Waals surface area contributed by atoms with Crippen LogP contribution in [0.4, 0.5) is 21.6 Å². The summed E-state index contributed by atoms with van der Waals surface area (Å²) in [5.74, 6) is 0.707. The summed E-state index contributed by atoms with van der Waals surface area (Å²) in [7, 11) is 1.62. The maximum absolute atomic E-state index is 12.5. The average molecular weight is 949 g/mol. The maximum Gasteiger partial charge on any atom is 0.265 e. The molecule has 2 fully saturated rings. The van der Waals surface area contributed by atoms with E-state index in [0.717, 1.165) is 66.9 Å². The Kier molecular flexibility index (Phi) is 15.0. The van der Waals surface area contributed by atoms with Crippen LogP contribution in [-0.4, -0.2) is 60.2 Å². The number of nitrogens with one attached hydrogen (secondary N) is 2. The van der Waals surface area contributed by atoms with Crippen LogP contribution >= 0.6 is 45.3 Å². The number of hydrogen-bond acceptors (Lipinski definition) is 12. The molecule has 10 nitrogen and oxygen atoms in total. The Morgan fingerprint density at radius 3 is 1.44 bits per heavy atom. The molecule has 6 heterocycles. The van der Waals surface area contributed by atoms with Crippen molar-refractivity contribution in [2.75, 3.05) is 53.7 Å². The van der Waals surface area contributed by atoms with Crippen molar-refractivity contribution in [3.63, 3.8) is 0 Å². The summed E-state index contributed by atoms with van der Waals surface area (Å²) in [6.07, 6.45) is 7.55. The first-order valence-electron chi connectivity index (χ1n) is 16.3. The number of thiazole rings is 2. The molecule has 0 unspecified atom stereocenters. The van der Waals surface area contributed by atoms with Gasteiger partial charge in [0, 0.05) is 58.6 Å². The van der Waals surface area contributed by atoms with Crippen LogP contribution in [0.2, 0.25) is 0 Å². The summed E-state index contributed by atoms with van der Waals surface area (Å²) >= 11 is 6.35. The normalized spacial score (nSPS) is 13.9. The first-order valence-corrected chi connectivity index (χ1v) is 19.5. The molecule has 0 aliphatic carbocycles. The number of aromatic nitrogens is 2. The number of rotatable bonds is 7. The van der Waals surface area contributed by atoms with Crippen LogP contribution in [0.15, 0.2) is 60.7 Å². The Balaban J connectivity index is 0.000000220. The van der Waals surface area contributed by atoms with Crippen molar-refractivity contribution in [2.24, 2.45) is 0 Å². The van der Waals surface area contributed by atoms with E-state index in [4.69, 9.17) is 14.7 Å². The Labute approximate surface area is 335 Å². The molecular formula is C37H44N6O4S4W. The number of ether oxygens (including phenoxy) is 1. The Morgan fingerprint density at radius 2 is 1.06 bits per heavy atom. The van der Waals surface area contributed by atoms with E-state index in [9.17, 15) is 14.7 Å². The topological polar surface area (TPSA) is 120 Å². The van der Waals surface area contributed by atoms with Crippen LogP contribution in [0, 0.1) is 0 Å². The van der Waals surface area contributed by atoms with Crippen LogP contribution < -0.4 is 25.2 Å². The number of aromatic hydroxyl groups is 1. The van der Waals surface area contributed by atoms with E-state index in [0.29, 0.717) is 15.4 Å². The molecule has 2 aliphatic heterocycles. The average Bonchev–Trinajstić information content (AvgIpc) is 3.91. The second-order valence-corrected chi connectivity index (χ2v) is 16.4. The summed E-state index contributed by atoms with van der Waals surface area (Å²) in [6, 6.07) is 17.5. The SMILES string of the molecule is C.C.COc1ccc(NC(=O)c2cc3nc(N4CCCCC4)sc3s2)cc1.O=C(Nc1ccc(O)cc1)c1cc2nc(N3CCCCC3)sc2s1.[W]. The third-order valence-electron chi connectivity index (χ3n) is 8.33. The number of benzene rings is 2. The predicted molar refractivity (Wildman–Crippen MR) is 218 cm³/mol. The number of thiophene rings is 2. The molecular weight excluding hydrogens is 905 g/mol. The first kappa shape index (κ1) is 41.2. The van der Waals surface area contributed by atoms with Crippen LogP contribution in [0.25, 0.3) is 19.1 Å². The number of hydrogen-bond donors (Lipinski definition) is 3. The van der Waals surface area contributed by atoms with Gasteiger partial charge in [-0.15, -0.1) is 22.7 Å². The minimum absolute atomic E-state index is 0. The van der Waals surface area contributed by atoms with Crippen molar-refractivity contribution in [3.8, 4) is 11.5 Å². The quantitative estimate of drug-likeness (QED) is 0.135. The van der Waals surface area contributed by atoms with Crippen molar-refractivity contribution in [2.45, 2.75) is 53.4 Å². The van der Waals surface area contributed by atoms with Crippen LogP contribution in [0.5, 0.6) is 11.5 Å². The Bertz CT molecular complexity index is 1980. The van der Waals surface area contributed by atoms with Crippen molar-refractivity contribution in [3.05, 3.63) is 70.4 Å². The van der Waals surface area contributed by atoms with E-state index in [1.807, 2.05) is 36.4 Å². The third kappa shape index (κ3) is 9.90. The fraction of sp³-hybridized carbons (Fsp3) is 0.351. The van der Waals surface area contributed by atoms with Crippen LogP contribution in [0.3, 0.4) is 0 Å². The zero-order valence-electron chi connectivity index (χ0n) is 27.3. The van der Waals surface area contributed by atoms with Gasteiger partial charge in [0.05, 0.1) is 27.9 Å². The molecule has 15 heteroatoms. The van der Waals surface area contributed by atoms with Crippen molar-refractivity contribution in [1.82, 2.24) is 9.97 Å². The van der Waals surface area contributed by atoms with Crippen LogP contribution in [0.1, 0.15) is 72.7 Å². The molecule has 0 bridgehead atoms. The van der Waals surface area contributed by atoms with E-state index in [1.165, 1.54) is 61.2 Å². The summed E-state index contributed by atoms with van der Waals surface area (Å²) in [4.78, 5) is 40.3. The number of phenols is 1. The second-order valence-electron chi connectivity index (χ2n) is 11.8. The third-order valence-corrected chi connectivity index (χ3v) is 13.0. The number of carbonyl (C=O) groups excluding carboxylic acids is 2. The summed E-state index contributed by atoms with van der Waals surface area (Å²) in [5, 5.41) is 17.2. The molecule has 2 aromatic carbocycles. The molecule has 8 rings (SSSR count). The second kappa shape index (κ2) is 19.0. The van der Waals surface area contributed by atoms with Gasteiger partial charge in [-0.1, -0.05) is 37.5 Å². The molecule has 2 aliphatic rings. The van der Waals surface area contributed by atoms with Crippen molar-refractivity contribution >= 4 is 97.9 Å². The van der Waals surface area contributed by atoms with Crippen molar-refractivity contribution < 1.29 is 40.5 Å². The Hall–Kier alpha value is -3.55. The Morgan fingerprint density at radius 1 is 0.654 bits per heavy atom. The fourth-order valence-corrected chi connectivity index (χ4v) is 10.1. The minimum atomic E-state index is -0.143. The van der Waals surface area contributed by atoms with Gasteiger partial charge in [-0.3, -0.25) is 9.59 Å². The van der Waals surface area contributed by atoms with Gasteiger partial charge >= 0.3 is 0 Å². The summed E-state index contributed by atoms with van der Waals surface area (Å²) in [5.41, 5.74) is 3.25. The van der Waals surface area contributed by atoms with Gasteiger partial charge in [0.15, 0.2) is 10.3 Å². The zero-order chi connectivity index (χ0) is 33.7. The number of amides is 2. The van der Waals surface area contributed by atoms with Gasteiger partial charge in [0.25, 0.3) is 11.8 Å². The van der Waals surface area contributed by atoms with Gasteiger partial charge in [0.2, 0.25) is 0 Å². The van der Waals surface area contributed by atoms with E-state index >= 15 is 0 Å². The maximum atomic E-state index is 12.5. The molecule has 2 amide bonds. The molecule has 2 saturated heterocycles. The molecule has 4 aromatic heterocycles. The van der Waals surface area contributed by atoms with E-state index in [1.54, 1.807) is 54.0 Å². The molecule has 0 saturated carbocycles. The number of methoxy groups -OCH3 is 1. The van der Waals surface area contributed by atoms with E-state index in [2.05, 4.69) is 20.4 Å². The monoisotopic (exact) mass is 948 g/mol. The molecule has 0 atom stereocenters. The zero-order valence-corrected chi connectivity index (χ0v) is 33.5. The summed E-state index contributed by atoms with van der Waals surface area (Å²) in [6.45, 7) is 4.33. The van der Waals surface area contributed by atoms with Gasteiger partial charge in [-0.05, 0) is 99.2 Å². The number of nitrogens with zero attached hydrogens (tertiary/aromatic N) is 4. The van der Waals surface area contributed by atoms with Gasteiger partial charge in [-0.25, -0.2) is 9.97 Å². The van der Waals surface area contributed by atoms with Crippen LogP contribution in [-0.2, 0) is 21.1 Å². The largest absolute Gasteiger partial charge is 0.508 e. The molecule has 52 heavy (non-hydrogen) atoms. The number of piperidine rings is 2. The smallest absolute Gasteiger partial charge is 0.265 e. The molecule has 276 valence electrons. The van der Waals surface area contributed by atoms with Crippen molar-refractivity contribution in [1.29, 1.82) is 0 Å². The van der Waals surface area contributed by atoms with E-state index < -0.39 is 0 Å². The van der Waals surface area contributed by atoms with Gasteiger partial charge in [0.1, 0.15) is 19.5 Å². The first-order chi connectivity index (χ1) is 23.9. The molecule has 0 spiro atoms. The standard InChI is InChI=1S/C18H19N3O2S2.C17H17N3O2S2.2CH4.W/c1-23-13-7-5-12(6-8-13)19-16(22)15-11-14-17(24-15)25-18(20-14)21-9-3-2-4-10-21;21-12-6-4-11(5-7-12)18-15(22)14-10-13-16(23-14)24-17(19-13)20-8-2-1-3-9-20;;;/h5-8,11H,2-4,9-10H2,1H3,(H,19,22);4-7,10,21H,1-3,8-9H2,(H,18,22);2*1H4;. The predicted octanol–water partition coefficient (Wildman–Crippen LogP) is 10.2. The molecule has 0 radical (unpaired) electrons. The minimum Gasteiger partial charge on any atom is -0.508 e. The van der Waals surface area contributed by atoms with Gasteiger partial charge < -0.3 is 30.3 Å². The van der Waals surface area contributed by atoms with Gasteiger partial charge in [-0.2, -0.15) is 0 Å². The number of phenolic OH excluding ortho intramolecular Hbond substituents is 1. The van der Waals surface area contributed by atoms with E-state index in [-0.39, 0.29) is 53.5 Å². The molecule has 6 aromatic rings. The number of carbonyl (C=O) groups is 2. The summed E-state index contributed by atoms with van der Waals surface area (Å²) < 4.78 is 7.33. The number of fused-ring (bicyclic) bond motifs is 2. The fourth-order valence-electron chi connectivity index (χ4n) is 5.72. The molecule has 3 N–H and O–H groups in total. The number of anilines is 4.